The summed E-state index contributed by atoms with van der Waals surface area (Å²) in [5.74, 6) is 0.960. The van der Waals surface area contributed by atoms with Gasteiger partial charge in [-0.3, -0.25) is 10.2 Å². The zero-order valence-corrected chi connectivity index (χ0v) is 22.0. The summed E-state index contributed by atoms with van der Waals surface area (Å²) in [7, 11) is 0. The van der Waals surface area contributed by atoms with E-state index >= 15 is 0 Å². The predicted molar refractivity (Wildman–Crippen MR) is 145 cm³/mol. The molecule has 1 amide bonds. The van der Waals surface area contributed by atoms with Crippen LogP contribution in [0.25, 0.3) is 11.3 Å². The van der Waals surface area contributed by atoms with Crippen molar-refractivity contribution in [2.75, 3.05) is 18.6 Å². The van der Waals surface area contributed by atoms with Crippen LogP contribution in [-0.4, -0.2) is 36.4 Å². The minimum atomic E-state index is -0.108. The molecular weight excluding hydrogens is 528 g/mol. The number of carbonyl (C=O) groups is 1. The molecule has 0 aliphatic heterocycles. The number of thiazole rings is 1. The Hall–Kier alpha value is -2.91. The Balaban J connectivity index is 1.37. The summed E-state index contributed by atoms with van der Waals surface area (Å²) >= 11 is 5.06. The number of aromatic nitrogens is 1. The van der Waals surface area contributed by atoms with Gasteiger partial charge in [0.1, 0.15) is 0 Å². The summed E-state index contributed by atoms with van der Waals surface area (Å²) in [6.45, 7) is 2.33. The van der Waals surface area contributed by atoms with Gasteiger partial charge in [0.2, 0.25) is 5.13 Å². The van der Waals surface area contributed by atoms with E-state index in [0.29, 0.717) is 23.2 Å². The fourth-order valence-corrected chi connectivity index (χ4v) is 5.01. The maximum Gasteiger partial charge on any atom is 0.258 e. The van der Waals surface area contributed by atoms with Crippen LogP contribution in [0.15, 0.2) is 57.4 Å². The minimum absolute atomic E-state index is 0.0498. The van der Waals surface area contributed by atoms with E-state index < -0.39 is 0 Å². The van der Waals surface area contributed by atoms with Crippen LogP contribution < -0.4 is 20.2 Å². The van der Waals surface area contributed by atoms with E-state index in [-0.39, 0.29) is 18.6 Å². The average Bonchev–Trinajstić information content (AvgIpc) is 3.35. The number of ether oxygens (including phenoxy) is 2. The number of halogens is 1. The number of amides is 1. The number of nitrogens with zero attached hydrogens (tertiary/aromatic N) is 2. The summed E-state index contributed by atoms with van der Waals surface area (Å²) < 4.78 is 12.4. The normalized spacial score (nSPS) is 14.1. The van der Waals surface area contributed by atoms with E-state index in [1.807, 2.05) is 48.7 Å². The summed E-state index contributed by atoms with van der Waals surface area (Å²) in [4.78, 5) is 16.9. The lowest BCUT2D eigenvalue weighted by atomic mass is 9.95. The average molecular weight is 558 g/mol. The Bertz CT molecular complexity index is 1150. The Labute approximate surface area is 218 Å². The number of nitrogens with one attached hydrogen (secondary N) is 2. The van der Waals surface area contributed by atoms with Gasteiger partial charge in [-0.05, 0) is 47.8 Å². The number of carbonyl (C=O) groups excluding carboxylic acids is 1. The molecule has 35 heavy (non-hydrogen) atoms. The first-order chi connectivity index (χ1) is 17.1. The molecule has 0 atom stereocenters. The molecule has 9 heteroatoms. The molecule has 2 aromatic carbocycles. The highest BCUT2D eigenvalue weighted by Crippen LogP contribution is 2.33. The van der Waals surface area contributed by atoms with Crippen molar-refractivity contribution < 1.29 is 14.3 Å². The Kier molecular flexibility index (Phi) is 9.14. The van der Waals surface area contributed by atoms with Crippen LogP contribution in [0.5, 0.6) is 11.5 Å². The van der Waals surface area contributed by atoms with Crippen LogP contribution in [-0.2, 0) is 4.79 Å². The lowest BCUT2D eigenvalue weighted by molar-refractivity contribution is -0.124. The molecule has 1 fully saturated rings. The highest BCUT2D eigenvalue weighted by Gasteiger charge is 2.17. The molecule has 1 aliphatic carbocycles. The monoisotopic (exact) mass is 556 g/mol. The van der Waals surface area contributed by atoms with Gasteiger partial charge in [0.15, 0.2) is 18.1 Å². The van der Waals surface area contributed by atoms with E-state index in [2.05, 4.69) is 36.8 Å². The van der Waals surface area contributed by atoms with Crippen molar-refractivity contribution in [2.24, 2.45) is 5.10 Å². The standard InChI is InChI=1S/C26H29BrN4O3S/c1-2-33-23-13-19(15-28-31-26-30-22(17-35-26)18-9-5-3-6-10-18)21(27)14-24(23)34-16-25(32)29-20-11-7-4-8-12-20/h3,5-6,9-10,13-15,17,20H,2,4,7-8,11-12,16H2,1H3,(H,29,32)(H,30,31). The number of benzene rings is 2. The van der Waals surface area contributed by atoms with E-state index in [4.69, 9.17) is 9.47 Å². The van der Waals surface area contributed by atoms with Crippen molar-refractivity contribution in [2.45, 2.75) is 45.1 Å². The van der Waals surface area contributed by atoms with E-state index in [9.17, 15) is 4.79 Å². The highest BCUT2D eigenvalue weighted by atomic mass is 79.9. The van der Waals surface area contributed by atoms with Crippen molar-refractivity contribution in [3.8, 4) is 22.8 Å². The van der Waals surface area contributed by atoms with Gasteiger partial charge in [-0.1, -0.05) is 49.6 Å². The van der Waals surface area contributed by atoms with Gasteiger partial charge in [-0.2, -0.15) is 5.10 Å². The number of hydrogen-bond donors (Lipinski definition) is 2. The molecule has 1 aromatic heterocycles. The van der Waals surface area contributed by atoms with Gasteiger partial charge in [0, 0.05) is 27.0 Å². The van der Waals surface area contributed by atoms with Crippen molar-refractivity contribution >= 4 is 44.5 Å². The topological polar surface area (TPSA) is 84.8 Å². The second-order valence-electron chi connectivity index (χ2n) is 8.22. The summed E-state index contributed by atoms with van der Waals surface area (Å²) in [5.41, 5.74) is 5.76. The lowest BCUT2D eigenvalue weighted by Gasteiger charge is -2.22. The lowest BCUT2D eigenvalue weighted by Crippen LogP contribution is -2.39. The van der Waals surface area contributed by atoms with Crippen LogP contribution in [0.4, 0.5) is 5.13 Å². The van der Waals surface area contributed by atoms with Crippen molar-refractivity contribution in [1.82, 2.24) is 10.3 Å². The van der Waals surface area contributed by atoms with Crippen LogP contribution in [0, 0.1) is 0 Å². The van der Waals surface area contributed by atoms with Gasteiger partial charge in [0.05, 0.1) is 18.5 Å². The van der Waals surface area contributed by atoms with E-state index in [1.165, 1.54) is 30.6 Å². The molecule has 4 rings (SSSR count). The van der Waals surface area contributed by atoms with Gasteiger partial charge in [-0.25, -0.2) is 4.98 Å². The van der Waals surface area contributed by atoms with Crippen molar-refractivity contribution in [3.63, 3.8) is 0 Å². The minimum Gasteiger partial charge on any atom is -0.490 e. The first-order valence-electron chi connectivity index (χ1n) is 11.8. The quantitative estimate of drug-likeness (QED) is 0.228. The third kappa shape index (κ3) is 7.29. The van der Waals surface area contributed by atoms with Crippen LogP contribution in [0.1, 0.15) is 44.6 Å². The smallest absolute Gasteiger partial charge is 0.258 e. The fourth-order valence-electron chi connectivity index (χ4n) is 3.91. The van der Waals surface area contributed by atoms with Crippen LogP contribution in [0.2, 0.25) is 0 Å². The molecule has 0 bridgehead atoms. The molecule has 3 aromatic rings. The van der Waals surface area contributed by atoms with Crippen molar-refractivity contribution in [3.05, 3.63) is 57.9 Å². The summed E-state index contributed by atoms with van der Waals surface area (Å²) in [6, 6.07) is 13.9. The van der Waals surface area contributed by atoms with Gasteiger partial charge >= 0.3 is 0 Å². The molecule has 1 aliphatic rings. The first-order valence-corrected chi connectivity index (χ1v) is 13.5. The molecule has 7 nitrogen and oxygen atoms in total. The van der Waals surface area contributed by atoms with E-state index in [0.717, 1.165) is 34.1 Å². The third-order valence-electron chi connectivity index (χ3n) is 5.63. The van der Waals surface area contributed by atoms with E-state index in [1.54, 1.807) is 12.3 Å². The second-order valence-corrected chi connectivity index (χ2v) is 9.93. The number of anilines is 1. The number of hydrogen-bond acceptors (Lipinski definition) is 7. The second kappa shape index (κ2) is 12.7. The highest BCUT2D eigenvalue weighted by molar-refractivity contribution is 9.10. The largest absolute Gasteiger partial charge is 0.490 e. The Morgan fingerprint density at radius 2 is 1.94 bits per heavy atom. The molecule has 1 saturated carbocycles. The summed E-state index contributed by atoms with van der Waals surface area (Å²) in [6.07, 6.45) is 7.36. The van der Waals surface area contributed by atoms with Gasteiger partial charge < -0.3 is 14.8 Å². The molecular formula is C26H29BrN4O3S. The molecule has 184 valence electrons. The molecule has 0 unspecified atom stereocenters. The van der Waals surface area contributed by atoms with Crippen LogP contribution >= 0.6 is 27.3 Å². The zero-order valence-electron chi connectivity index (χ0n) is 19.6. The molecule has 0 saturated heterocycles. The SMILES string of the molecule is CCOc1cc(C=NNc2nc(-c3ccccc3)cs2)c(Br)cc1OCC(=O)NC1CCCCC1. The summed E-state index contributed by atoms with van der Waals surface area (Å²) in [5, 5.41) is 10.1. The zero-order chi connectivity index (χ0) is 24.5. The molecule has 1 heterocycles. The molecule has 0 radical (unpaired) electrons. The maximum absolute atomic E-state index is 12.4. The molecule has 0 spiro atoms. The number of hydrazone groups is 1. The van der Waals surface area contributed by atoms with Crippen molar-refractivity contribution in [1.29, 1.82) is 0 Å². The van der Waals surface area contributed by atoms with Gasteiger partial charge in [0.25, 0.3) is 5.91 Å². The Morgan fingerprint density at radius 1 is 1.17 bits per heavy atom. The fraction of sp³-hybridized carbons (Fsp3) is 0.346. The Morgan fingerprint density at radius 3 is 2.71 bits per heavy atom. The maximum atomic E-state index is 12.4. The predicted octanol–water partition coefficient (Wildman–Crippen LogP) is 6.25. The van der Waals surface area contributed by atoms with Gasteiger partial charge in [-0.15, -0.1) is 11.3 Å². The first kappa shape index (κ1) is 25.2. The third-order valence-corrected chi connectivity index (χ3v) is 7.06. The number of rotatable bonds is 10. The molecule has 2 N–H and O–H groups in total. The van der Waals surface area contributed by atoms with Crippen LogP contribution in [0.3, 0.4) is 0 Å².